The molecular weight excluding hydrogens is 296 g/mol. The lowest BCUT2D eigenvalue weighted by Crippen LogP contribution is -1.95. The summed E-state index contributed by atoms with van der Waals surface area (Å²) in [4.78, 5) is 13.9. The molecule has 0 fully saturated rings. The van der Waals surface area contributed by atoms with Crippen molar-refractivity contribution in [2.24, 2.45) is 0 Å². The lowest BCUT2D eigenvalue weighted by Gasteiger charge is -2.09. The summed E-state index contributed by atoms with van der Waals surface area (Å²) in [6.45, 7) is 0. The minimum atomic E-state index is 0.886. The fourth-order valence-electron chi connectivity index (χ4n) is 3.93. The zero-order valence-electron chi connectivity index (χ0n) is 12.8. The van der Waals surface area contributed by atoms with E-state index in [2.05, 4.69) is 44.7 Å². The zero-order valence-corrected chi connectivity index (χ0v) is 12.8. The van der Waals surface area contributed by atoms with Crippen LogP contribution in [0, 0.1) is 0 Å². The molecule has 0 amide bonds. The summed E-state index contributed by atoms with van der Waals surface area (Å²) in [5.74, 6) is 0. The molecule has 4 nitrogen and oxygen atoms in total. The van der Waals surface area contributed by atoms with E-state index < -0.39 is 0 Å². The Kier molecular flexibility index (Phi) is 2.12. The highest BCUT2D eigenvalue weighted by Gasteiger charge is 2.26. The topological polar surface area (TPSA) is 43.1 Å². The van der Waals surface area contributed by atoms with Gasteiger partial charge in [0.25, 0.3) is 0 Å². The molecule has 0 saturated carbocycles. The van der Waals surface area contributed by atoms with Gasteiger partial charge < -0.3 is 0 Å². The fourth-order valence-corrected chi connectivity index (χ4v) is 3.93. The molecule has 4 aromatic heterocycles. The molecule has 0 saturated heterocycles. The summed E-state index contributed by atoms with van der Waals surface area (Å²) in [7, 11) is 0. The molecule has 112 valence electrons. The second-order valence-corrected chi connectivity index (χ2v) is 6.19. The first kappa shape index (κ1) is 12.2. The highest BCUT2D eigenvalue weighted by Crippen LogP contribution is 2.40. The Hall–Kier alpha value is -3.27. The van der Waals surface area contributed by atoms with E-state index in [4.69, 9.17) is 4.98 Å². The smallest absolute Gasteiger partial charge is 0.147 e. The van der Waals surface area contributed by atoms with E-state index in [-0.39, 0.29) is 0 Å². The van der Waals surface area contributed by atoms with Gasteiger partial charge in [-0.25, -0.2) is 4.98 Å². The zero-order chi connectivity index (χ0) is 15.7. The fraction of sp³-hybridized carbons (Fsp3) is 0.0500. The van der Waals surface area contributed by atoms with E-state index in [1.165, 1.54) is 16.8 Å². The molecule has 1 aliphatic carbocycles. The van der Waals surface area contributed by atoms with Gasteiger partial charge in [-0.15, -0.1) is 0 Å². The second-order valence-electron chi connectivity index (χ2n) is 6.19. The average Bonchev–Trinajstić information content (AvgIpc) is 3.18. The van der Waals surface area contributed by atoms with Crippen LogP contribution in [0.5, 0.6) is 0 Å². The van der Waals surface area contributed by atoms with Crippen LogP contribution in [-0.2, 0) is 6.42 Å². The van der Waals surface area contributed by atoms with Crippen molar-refractivity contribution < 1.29 is 0 Å². The molecule has 0 unspecified atom stereocenters. The Balaban J connectivity index is 1.93. The van der Waals surface area contributed by atoms with Gasteiger partial charge in [-0.2, -0.15) is 0 Å². The monoisotopic (exact) mass is 308 g/mol. The largest absolute Gasteiger partial charge is 0.290 e. The number of pyridine rings is 3. The van der Waals surface area contributed by atoms with Crippen LogP contribution in [0.3, 0.4) is 0 Å². The average molecular weight is 308 g/mol. The van der Waals surface area contributed by atoms with E-state index >= 15 is 0 Å². The number of rotatable bonds is 0. The lowest BCUT2D eigenvalue weighted by atomic mass is 10.1. The van der Waals surface area contributed by atoms with Crippen LogP contribution in [0.15, 0.2) is 61.1 Å². The van der Waals surface area contributed by atoms with Crippen molar-refractivity contribution in [3.63, 3.8) is 0 Å². The van der Waals surface area contributed by atoms with E-state index in [0.717, 1.165) is 39.6 Å². The molecule has 0 bridgehead atoms. The van der Waals surface area contributed by atoms with Crippen LogP contribution >= 0.6 is 0 Å². The van der Waals surface area contributed by atoms with Gasteiger partial charge in [0.05, 0.1) is 22.4 Å². The van der Waals surface area contributed by atoms with Gasteiger partial charge in [0, 0.05) is 41.3 Å². The third-order valence-electron chi connectivity index (χ3n) is 4.92. The van der Waals surface area contributed by atoms with Crippen molar-refractivity contribution in [3.05, 3.63) is 72.3 Å². The molecule has 0 spiro atoms. The predicted octanol–water partition coefficient (Wildman–Crippen LogP) is 4.00. The number of fused-ring (bicyclic) bond motifs is 10. The van der Waals surface area contributed by atoms with Gasteiger partial charge in [-0.3, -0.25) is 14.4 Å². The highest BCUT2D eigenvalue weighted by atomic mass is 15.0. The third kappa shape index (κ3) is 1.36. The van der Waals surface area contributed by atoms with E-state index in [1.807, 2.05) is 30.7 Å². The Morgan fingerprint density at radius 1 is 0.917 bits per heavy atom. The summed E-state index contributed by atoms with van der Waals surface area (Å²) in [6, 6.07) is 14.7. The van der Waals surface area contributed by atoms with Gasteiger partial charge in [0.2, 0.25) is 0 Å². The lowest BCUT2D eigenvalue weighted by molar-refractivity contribution is 1.17. The molecule has 1 aromatic carbocycles. The Labute approximate surface area is 137 Å². The number of hydrogen-bond acceptors (Lipinski definition) is 3. The molecular formula is C20H12N4. The minimum Gasteiger partial charge on any atom is -0.290 e. The van der Waals surface area contributed by atoms with Crippen LogP contribution < -0.4 is 0 Å². The summed E-state index contributed by atoms with van der Waals surface area (Å²) in [5.41, 5.74) is 8.00. The summed E-state index contributed by atoms with van der Waals surface area (Å²) in [6.07, 6.45) is 6.45. The van der Waals surface area contributed by atoms with Crippen molar-refractivity contribution in [3.8, 4) is 11.3 Å². The molecule has 0 aliphatic heterocycles. The third-order valence-corrected chi connectivity index (χ3v) is 4.92. The van der Waals surface area contributed by atoms with Crippen molar-refractivity contribution >= 4 is 27.5 Å². The predicted molar refractivity (Wildman–Crippen MR) is 94.0 cm³/mol. The van der Waals surface area contributed by atoms with Crippen LogP contribution in [0.1, 0.15) is 11.3 Å². The molecule has 4 heterocycles. The van der Waals surface area contributed by atoms with Gasteiger partial charge in [0.1, 0.15) is 5.65 Å². The Bertz CT molecular complexity index is 1280. The summed E-state index contributed by atoms with van der Waals surface area (Å²) in [5, 5.41) is 2.15. The van der Waals surface area contributed by atoms with Crippen LogP contribution in [0.2, 0.25) is 0 Å². The second kappa shape index (κ2) is 4.17. The van der Waals surface area contributed by atoms with Crippen molar-refractivity contribution in [1.29, 1.82) is 0 Å². The normalized spacial score (nSPS) is 12.8. The quantitative estimate of drug-likeness (QED) is 0.398. The highest BCUT2D eigenvalue weighted by molar-refractivity contribution is 6.10. The minimum absolute atomic E-state index is 0.886. The maximum atomic E-state index is 4.98. The van der Waals surface area contributed by atoms with E-state index in [1.54, 1.807) is 0 Å². The SMILES string of the molecule is c1ccc2c(c1)Cc1nc3c4cnccc4c4ncccc4n3c1-2. The van der Waals surface area contributed by atoms with Gasteiger partial charge in [-0.1, -0.05) is 24.3 Å². The number of aromatic nitrogens is 4. The summed E-state index contributed by atoms with van der Waals surface area (Å²) >= 11 is 0. The summed E-state index contributed by atoms with van der Waals surface area (Å²) < 4.78 is 2.26. The van der Waals surface area contributed by atoms with Crippen molar-refractivity contribution in [1.82, 2.24) is 19.4 Å². The molecule has 6 rings (SSSR count). The number of hydrogen-bond donors (Lipinski definition) is 0. The van der Waals surface area contributed by atoms with Gasteiger partial charge in [-0.05, 0) is 23.8 Å². The van der Waals surface area contributed by atoms with Gasteiger partial charge >= 0.3 is 0 Å². The first-order valence-corrected chi connectivity index (χ1v) is 8.02. The van der Waals surface area contributed by atoms with Crippen LogP contribution in [0.4, 0.5) is 0 Å². The van der Waals surface area contributed by atoms with Gasteiger partial charge in [0.15, 0.2) is 0 Å². The standard InChI is InChI=1S/C20H12N4/c1-2-5-13-12(4-1)10-16-19(13)24-17-6-3-8-22-18(17)14-7-9-21-11-15(14)20(24)23-16/h1-9,11H,10H2. The number of nitrogens with zero attached hydrogens (tertiary/aromatic N) is 4. The molecule has 1 aliphatic rings. The number of benzene rings is 1. The van der Waals surface area contributed by atoms with Crippen molar-refractivity contribution in [2.75, 3.05) is 0 Å². The molecule has 5 aromatic rings. The van der Waals surface area contributed by atoms with Crippen LogP contribution in [0.25, 0.3) is 38.7 Å². The van der Waals surface area contributed by atoms with E-state index in [9.17, 15) is 0 Å². The first-order valence-electron chi connectivity index (χ1n) is 8.02. The molecule has 24 heavy (non-hydrogen) atoms. The molecule has 0 N–H and O–H groups in total. The number of imidazole rings is 1. The molecule has 4 heteroatoms. The molecule has 0 radical (unpaired) electrons. The maximum absolute atomic E-state index is 4.98. The van der Waals surface area contributed by atoms with Crippen molar-refractivity contribution in [2.45, 2.75) is 6.42 Å². The van der Waals surface area contributed by atoms with E-state index in [0.29, 0.717) is 0 Å². The first-order chi connectivity index (χ1) is 11.9. The van der Waals surface area contributed by atoms with Crippen LogP contribution in [-0.4, -0.2) is 19.4 Å². The maximum Gasteiger partial charge on any atom is 0.147 e. The Morgan fingerprint density at radius 2 is 1.88 bits per heavy atom. The molecule has 0 atom stereocenters. The Morgan fingerprint density at radius 3 is 2.88 bits per heavy atom.